The Kier molecular flexibility index (Phi) is 32.9. The van der Waals surface area contributed by atoms with Gasteiger partial charge in [-0.3, -0.25) is 62.3 Å². The molecule has 0 saturated carbocycles. The van der Waals surface area contributed by atoms with Crippen LogP contribution in [-0.4, -0.2) is 275 Å². The van der Waals surface area contributed by atoms with E-state index in [9.17, 15) is 53.1 Å². The molecule has 2 saturated heterocycles. The number of aliphatic hydroxyl groups is 1. The van der Waals surface area contributed by atoms with Crippen LogP contribution in [0.5, 0.6) is 0 Å². The minimum absolute atomic E-state index is 0.00633. The first kappa shape index (κ1) is 85.4. The van der Waals surface area contributed by atoms with Gasteiger partial charge < -0.3 is 70.5 Å². The summed E-state index contributed by atoms with van der Waals surface area (Å²) in [6.07, 6.45) is -0.0397. The fourth-order valence-electron chi connectivity index (χ4n) is 13.0. The molecule has 5 rings (SSSR count). The topological polar surface area (TPSA) is 319 Å². The first-order chi connectivity index (χ1) is 49.0. The summed E-state index contributed by atoms with van der Waals surface area (Å²) in [5, 5.41) is 22.4. The lowest BCUT2D eigenvalue weighted by molar-refractivity contribution is -0.151. The van der Waals surface area contributed by atoms with Crippen LogP contribution in [0.15, 0.2) is 91.0 Å². The Morgan fingerprint density at radius 3 is 1.55 bits per heavy atom. The molecule has 2 aliphatic heterocycles. The molecule has 2 heterocycles. The lowest BCUT2D eigenvalue weighted by Crippen LogP contribution is -2.62. The highest BCUT2D eigenvalue weighted by Gasteiger charge is 2.43. The van der Waals surface area contributed by atoms with Crippen molar-refractivity contribution in [2.75, 3.05) is 82.6 Å². The van der Waals surface area contributed by atoms with Gasteiger partial charge in [0.05, 0.1) is 19.1 Å². The number of likely N-dealkylation sites (N-methyl/N-ethyl adjacent to an activating group) is 7. The van der Waals surface area contributed by atoms with Gasteiger partial charge in [-0.2, -0.15) is 0 Å². The van der Waals surface area contributed by atoms with Gasteiger partial charge in [-0.25, -0.2) is 0 Å². The van der Waals surface area contributed by atoms with E-state index in [1.807, 2.05) is 13.8 Å². The molecule has 0 radical (unpaired) electrons. The summed E-state index contributed by atoms with van der Waals surface area (Å²) in [7, 11) is 11.2. The average Bonchev–Trinajstić information content (AvgIpc) is 0.812. The smallest absolute Gasteiger partial charge is 0.246 e. The maximum Gasteiger partial charge on any atom is 0.246 e. The summed E-state index contributed by atoms with van der Waals surface area (Å²) >= 11 is 0. The second kappa shape index (κ2) is 40.1. The number of benzene rings is 3. The molecule has 3 aromatic carbocycles. The molecular weight excluding hydrogens is 1330 g/mol. The Balaban J connectivity index is 1.60. The van der Waals surface area contributed by atoms with Crippen molar-refractivity contribution in [2.24, 2.45) is 17.8 Å². The number of carbonyl (C=O) groups excluding carboxylic acids is 13. The Bertz CT molecular complexity index is 3430. The maximum absolute atomic E-state index is 15.6. The lowest BCUT2D eigenvalue weighted by Gasteiger charge is -2.37. The molecule has 104 heavy (non-hydrogen) atoms. The van der Waals surface area contributed by atoms with E-state index in [1.54, 1.807) is 131 Å². The largest absolute Gasteiger partial charge is 0.391 e. The Hall–Kier alpha value is -9.27. The zero-order valence-electron chi connectivity index (χ0n) is 64.1. The number of amides is 13. The number of hydrogen-bond acceptors (Lipinski definition) is 14. The molecule has 27 nitrogen and oxygen atoms in total. The van der Waals surface area contributed by atoms with E-state index in [-0.39, 0.29) is 69.2 Å². The van der Waals surface area contributed by atoms with Gasteiger partial charge in [-0.05, 0) is 93.7 Å². The predicted molar refractivity (Wildman–Crippen MR) is 394 cm³/mol. The zero-order valence-corrected chi connectivity index (χ0v) is 64.1. The van der Waals surface area contributed by atoms with Crippen LogP contribution >= 0.6 is 0 Å². The Morgan fingerprint density at radius 1 is 0.519 bits per heavy atom. The molecule has 3 aromatic rings. The molecule has 0 aliphatic carbocycles. The number of nitrogens with zero attached hydrogens (tertiary/aromatic N) is 9. The first-order valence-corrected chi connectivity index (χ1v) is 36.3. The highest BCUT2D eigenvalue weighted by molar-refractivity contribution is 6.00. The fraction of sp³-hybridized carbons (Fsp3) is 0.597. The summed E-state index contributed by atoms with van der Waals surface area (Å²) in [5.41, 5.74) is 1.95. The average molecular weight is 1450 g/mol. The van der Waals surface area contributed by atoms with E-state index in [4.69, 9.17) is 0 Å². The monoisotopic (exact) mass is 1450 g/mol. The van der Waals surface area contributed by atoms with Gasteiger partial charge >= 0.3 is 0 Å². The van der Waals surface area contributed by atoms with Crippen LogP contribution in [-0.2, 0) is 81.6 Å². The van der Waals surface area contributed by atoms with Crippen LogP contribution in [0.25, 0.3) is 0 Å². The molecule has 572 valence electrons. The molecule has 0 bridgehead atoms. The van der Waals surface area contributed by atoms with Crippen molar-refractivity contribution in [3.05, 3.63) is 108 Å². The summed E-state index contributed by atoms with van der Waals surface area (Å²) in [5.74, 6) is -10.2. The normalized spacial score (nSPS) is 22.6. The van der Waals surface area contributed by atoms with Crippen molar-refractivity contribution in [2.45, 2.75) is 199 Å². The standard InChI is InChI=1S/C77H115N13O14/c1-48(2)41-58-69(96)81-67(53(9)91)71(98)79-57(74(101)88(16)62(45-56-35-26-20-27-36-56)76(103)87(15)59(43-54-31-22-18-23-32-54)68(95)78-51(7)72(99)90-39-28-21-29-40-90)46-64(93)82(10)38-30-37-63(92)84(12)52(8)73(100)86(14)60(44-55-33-24-19-25-34-55)70(97)80-66(50(5)6)77(104)89(17)61(42-49(3)4)75(102)83(11)47-65(94)85(58)13/h18-20,22-27,31-36,48-53,57-62,66-67,91H,21,28-30,37-47H2,1-17H3,(H,78,95)(H,79,98)(H,80,97)(H,81,96)/t51-,52-,53+,57-,58-,59-,60-,61-,62-,66-,67-/m0/s1. The van der Waals surface area contributed by atoms with Gasteiger partial charge in [-0.15, -0.1) is 0 Å². The molecule has 0 unspecified atom stereocenters. The summed E-state index contributed by atoms with van der Waals surface area (Å²) in [6.45, 7) is 15.4. The van der Waals surface area contributed by atoms with Gasteiger partial charge in [0.1, 0.15) is 60.4 Å². The van der Waals surface area contributed by atoms with Crippen LogP contribution < -0.4 is 21.3 Å². The van der Waals surface area contributed by atoms with E-state index >= 15 is 14.4 Å². The van der Waals surface area contributed by atoms with E-state index < -0.39 is 156 Å². The van der Waals surface area contributed by atoms with Gasteiger partial charge in [0, 0.05) is 102 Å². The summed E-state index contributed by atoms with van der Waals surface area (Å²) in [6, 6.07) is 13.1. The number of aliphatic hydroxyl groups excluding tert-OH is 1. The number of likely N-dealkylation sites (tertiary alicyclic amines) is 1. The molecule has 5 N–H and O–H groups in total. The van der Waals surface area contributed by atoms with Crippen LogP contribution in [0.1, 0.15) is 130 Å². The summed E-state index contributed by atoms with van der Waals surface area (Å²) < 4.78 is 0. The van der Waals surface area contributed by atoms with Crippen LogP contribution in [0.4, 0.5) is 0 Å². The number of hydrogen-bond donors (Lipinski definition) is 5. The van der Waals surface area contributed by atoms with Crippen molar-refractivity contribution in [3.63, 3.8) is 0 Å². The molecule has 13 amide bonds. The third kappa shape index (κ3) is 23.9. The highest BCUT2D eigenvalue weighted by atomic mass is 16.3. The van der Waals surface area contributed by atoms with Crippen LogP contribution in [0.3, 0.4) is 0 Å². The van der Waals surface area contributed by atoms with Crippen molar-refractivity contribution in [1.29, 1.82) is 0 Å². The van der Waals surface area contributed by atoms with Crippen molar-refractivity contribution in [3.8, 4) is 0 Å². The molecule has 0 spiro atoms. The van der Waals surface area contributed by atoms with E-state index in [1.165, 1.54) is 94.7 Å². The van der Waals surface area contributed by atoms with E-state index in [2.05, 4.69) is 21.3 Å². The lowest BCUT2D eigenvalue weighted by atomic mass is 9.97. The maximum atomic E-state index is 15.6. The number of carbonyl (C=O) groups is 13. The van der Waals surface area contributed by atoms with E-state index in [0.29, 0.717) is 29.8 Å². The van der Waals surface area contributed by atoms with Gasteiger partial charge in [0.2, 0.25) is 76.8 Å². The van der Waals surface area contributed by atoms with Gasteiger partial charge in [0.25, 0.3) is 0 Å². The van der Waals surface area contributed by atoms with Gasteiger partial charge in [0.15, 0.2) is 0 Å². The third-order valence-electron chi connectivity index (χ3n) is 19.9. The molecule has 27 heteroatoms. The predicted octanol–water partition coefficient (Wildman–Crippen LogP) is 2.90. The molecular formula is C77H115N13O14. The molecule has 0 aromatic heterocycles. The zero-order chi connectivity index (χ0) is 77.6. The fourth-order valence-corrected chi connectivity index (χ4v) is 13.0. The van der Waals surface area contributed by atoms with Crippen LogP contribution in [0.2, 0.25) is 0 Å². The van der Waals surface area contributed by atoms with Gasteiger partial charge in [-0.1, -0.05) is 133 Å². The van der Waals surface area contributed by atoms with E-state index in [0.717, 1.165) is 34.0 Å². The molecule has 11 atom stereocenters. The Labute approximate surface area is 614 Å². The summed E-state index contributed by atoms with van der Waals surface area (Å²) in [4.78, 5) is 203. The van der Waals surface area contributed by atoms with Crippen LogP contribution in [0, 0.1) is 17.8 Å². The molecule has 2 fully saturated rings. The second-order valence-corrected chi connectivity index (χ2v) is 29.3. The first-order valence-electron chi connectivity index (χ1n) is 36.3. The second-order valence-electron chi connectivity index (χ2n) is 29.3. The number of nitrogens with one attached hydrogen (secondary N) is 4. The van der Waals surface area contributed by atoms with Crippen molar-refractivity contribution >= 4 is 76.8 Å². The number of piperidine rings is 1. The highest BCUT2D eigenvalue weighted by Crippen LogP contribution is 2.23. The van der Waals surface area contributed by atoms with Crippen molar-refractivity contribution in [1.82, 2.24) is 65.4 Å². The minimum Gasteiger partial charge on any atom is -0.391 e. The van der Waals surface area contributed by atoms with Crippen molar-refractivity contribution < 1.29 is 67.4 Å². The third-order valence-corrected chi connectivity index (χ3v) is 19.9. The quantitative estimate of drug-likeness (QED) is 0.115. The number of rotatable bonds is 19. The molecule has 2 aliphatic rings. The Morgan fingerprint density at radius 2 is 1.02 bits per heavy atom. The SMILES string of the molecule is CC(C)C[C@H]1C(=O)N[C@@H]([C@@H](C)O)C(=O)N[C@H](C(=O)N(C)[C@@H](Cc2ccccc2)C(=O)N(C)[C@@H](Cc2ccccc2)C(=O)N[C@@H](C)C(=O)N2CCCCC2)CC(=O)N(C)CCCC(=O)N(C)[C@@H](C)C(=O)N(C)[C@@H](Cc2ccccc2)C(=O)N[C@@H](C(C)C)C(=O)N(C)[C@@H](CC(C)C)C(=O)N(C)CC(=O)N1C. The minimum atomic E-state index is -1.86.